The standard InChI is InChI=1S/C30H39N7O4/c1-20(38)29(40)37-17-12-24(13-18-37)41-27-10-7-22(19-25(27)31)26-11-15-33-30(35-26)34-23-8-5-21(6-9-23)28(39)32-14-4-16-36(2)3/h5-11,15,19-20,24,38H,4,12-14,16-18,31H2,1-3H3,(H,32,39)(H,33,34,35)/t20-/m0/s1. The zero-order valence-electron chi connectivity index (χ0n) is 23.8. The fraction of sp³-hybridized carbons (Fsp3) is 0.400. The van der Waals surface area contributed by atoms with Crippen LogP contribution in [0.15, 0.2) is 54.7 Å². The molecule has 0 bridgehead atoms. The summed E-state index contributed by atoms with van der Waals surface area (Å²) < 4.78 is 6.13. The van der Waals surface area contributed by atoms with Crippen molar-refractivity contribution in [2.75, 3.05) is 51.3 Å². The molecule has 1 fully saturated rings. The van der Waals surface area contributed by atoms with Gasteiger partial charge in [0.2, 0.25) is 5.95 Å². The quantitative estimate of drug-likeness (QED) is 0.205. The number of anilines is 3. The summed E-state index contributed by atoms with van der Waals surface area (Å²) in [5.74, 6) is 0.650. The molecule has 1 aliphatic rings. The molecule has 1 atom stereocenters. The fourth-order valence-corrected chi connectivity index (χ4v) is 4.57. The number of aliphatic hydroxyl groups excluding tert-OH is 1. The minimum atomic E-state index is -0.991. The van der Waals surface area contributed by atoms with Crippen molar-refractivity contribution >= 4 is 29.1 Å². The molecular formula is C30H39N7O4. The van der Waals surface area contributed by atoms with Crippen molar-refractivity contribution in [1.29, 1.82) is 0 Å². The summed E-state index contributed by atoms with van der Waals surface area (Å²) in [6.45, 7) is 4.11. The average molecular weight is 562 g/mol. The zero-order chi connectivity index (χ0) is 29.4. The Kier molecular flexibility index (Phi) is 10.1. The van der Waals surface area contributed by atoms with Crippen molar-refractivity contribution in [2.24, 2.45) is 0 Å². The van der Waals surface area contributed by atoms with E-state index in [1.807, 2.05) is 44.4 Å². The third kappa shape index (κ3) is 8.38. The number of aromatic nitrogens is 2. The number of hydrogen-bond donors (Lipinski definition) is 4. The van der Waals surface area contributed by atoms with Gasteiger partial charge in [-0.15, -0.1) is 0 Å². The van der Waals surface area contributed by atoms with E-state index in [1.165, 1.54) is 6.92 Å². The maximum atomic E-state index is 12.4. The summed E-state index contributed by atoms with van der Waals surface area (Å²) in [5, 5.41) is 15.6. The molecule has 218 valence electrons. The molecule has 0 aliphatic carbocycles. The Bertz CT molecular complexity index is 1320. The van der Waals surface area contributed by atoms with Crippen molar-refractivity contribution in [3.63, 3.8) is 0 Å². The molecule has 4 rings (SSSR count). The van der Waals surface area contributed by atoms with Crippen LogP contribution in [0.2, 0.25) is 0 Å². The van der Waals surface area contributed by atoms with Gasteiger partial charge in [0.15, 0.2) is 0 Å². The van der Waals surface area contributed by atoms with Gasteiger partial charge in [-0.25, -0.2) is 9.97 Å². The molecule has 1 aromatic heterocycles. The molecule has 5 N–H and O–H groups in total. The van der Waals surface area contributed by atoms with Crippen LogP contribution in [0.3, 0.4) is 0 Å². The molecule has 0 unspecified atom stereocenters. The minimum absolute atomic E-state index is 0.0587. The van der Waals surface area contributed by atoms with E-state index < -0.39 is 6.10 Å². The number of nitrogens with one attached hydrogen (secondary N) is 2. The summed E-state index contributed by atoms with van der Waals surface area (Å²) in [5.41, 5.74) is 9.68. The van der Waals surface area contributed by atoms with Crippen molar-refractivity contribution in [3.8, 4) is 17.0 Å². The Morgan fingerprint density at radius 3 is 2.54 bits per heavy atom. The Morgan fingerprint density at radius 1 is 1.15 bits per heavy atom. The van der Waals surface area contributed by atoms with Crippen LogP contribution in [0.4, 0.5) is 17.3 Å². The first kappa shape index (κ1) is 29.8. The number of ether oxygens (including phenoxy) is 1. The van der Waals surface area contributed by atoms with E-state index in [1.54, 1.807) is 29.3 Å². The number of nitrogens with zero attached hydrogens (tertiary/aromatic N) is 4. The number of benzene rings is 2. The molecule has 2 aromatic carbocycles. The molecule has 1 saturated heterocycles. The monoisotopic (exact) mass is 561 g/mol. The van der Waals surface area contributed by atoms with Gasteiger partial charge in [-0.05, 0) is 82.5 Å². The number of rotatable bonds is 11. The van der Waals surface area contributed by atoms with E-state index >= 15 is 0 Å². The molecular weight excluding hydrogens is 522 g/mol. The second kappa shape index (κ2) is 13.9. The normalized spacial score (nSPS) is 14.5. The van der Waals surface area contributed by atoms with Crippen LogP contribution in [0.5, 0.6) is 5.75 Å². The van der Waals surface area contributed by atoms with Gasteiger partial charge in [0.25, 0.3) is 11.8 Å². The molecule has 3 aromatic rings. The van der Waals surface area contributed by atoms with Crippen LogP contribution in [-0.2, 0) is 4.79 Å². The number of hydrogen-bond acceptors (Lipinski definition) is 9. The van der Waals surface area contributed by atoms with Gasteiger partial charge in [0.05, 0.1) is 11.4 Å². The average Bonchev–Trinajstić information content (AvgIpc) is 2.96. The molecule has 11 nitrogen and oxygen atoms in total. The van der Waals surface area contributed by atoms with Gasteiger partial charge in [-0.2, -0.15) is 0 Å². The van der Waals surface area contributed by atoms with Crippen LogP contribution in [0.1, 0.15) is 36.5 Å². The van der Waals surface area contributed by atoms with Gasteiger partial charge in [0, 0.05) is 55.5 Å². The lowest BCUT2D eigenvalue weighted by Crippen LogP contribution is -2.45. The maximum Gasteiger partial charge on any atom is 0.251 e. The predicted molar refractivity (Wildman–Crippen MR) is 159 cm³/mol. The number of nitrogens with two attached hydrogens (primary N) is 1. The van der Waals surface area contributed by atoms with Crippen molar-refractivity contribution in [2.45, 2.75) is 38.4 Å². The highest BCUT2D eigenvalue weighted by Gasteiger charge is 2.26. The lowest BCUT2D eigenvalue weighted by molar-refractivity contribution is -0.141. The molecule has 11 heteroatoms. The lowest BCUT2D eigenvalue weighted by Gasteiger charge is -2.33. The first-order valence-corrected chi connectivity index (χ1v) is 13.9. The molecule has 0 spiro atoms. The number of carbonyl (C=O) groups is 2. The number of nitrogen functional groups attached to an aromatic ring is 1. The fourth-order valence-electron chi connectivity index (χ4n) is 4.57. The first-order valence-electron chi connectivity index (χ1n) is 13.9. The second-order valence-corrected chi connectivity index (χ2v) is 10.5. The van der Waals surface area contributed by atoms with Gasteiger partial charge >= 0.3 is 0 Å². The minimum Gasteiger partial charge on any atom is -0.488 e. The SMILES string of the molecule is C[C@H](O)C(=O)N1CCC(Oc2ccc(-c3ccnc(Nc4ccc(C(=O)NCCCN(C)C)cc4)n3)cc2N)CC1. The smallest absolute Gasteiger partial charge is 0.251 e. The van der Waals surface area contributed by atoms with E-state index in [4.69, 9.17) is 10.5 Å². The summed E-state index contributed by atoms with van der Waals surface area (Å²) in [6.07, 6.45) is 2.85. The summed E-state index contributed by atoms with van der Waals surface area (Å²) in [6, 6.07) is 14.5. The highest BCUT2D eigenvalue weighted by atomic mass is 16.5. The molecule has 0 radical (unpaired) electrons. The summed E-state index contributed by atoms with van der Waals surface area (Å²) >= 11 is 0. The zero-order valence-corrected chi connectivity index (χ0v) is 23.8. The Balaban J connectivity index is 1.33. The first-order chi connectivity index (χ1) is 19.7. The molecule has 2 heterocycles. The van der Waals surface area contributed by atoms with Gasteiger partial charge in [-0.3, -0.25) is 9.59 Å². The van der Waals surface area contributed by atoms with E-state index in [0.29, 0.717) is 61.1 Å². The third-order valence-electron chi connectivity index (χ3n) is 6.84. The number of piperidine rings is 1. The van der Waals surface area contributed by atoms with Crippen molar-refractivity contribution in [3.05, 3.63) is 60.3 Å². The van der Waals surface area contributed by atoms with Crippen LogP contribution >= 0.6 is 0 Å². The van der Waals surface area contributed by atoms with Crippen molar-refractivity contribution in [1.82, 2.24) is 25.1 Å². The molecule has 0 saturated carbocycles. The van der Waals surface area contributed by atoms with E-state index in [0.717, 1.165) is 24.2 Å². The highest BCUT2D eigenvalue weighted by molar-refractivity contribution is 5.94. The van der Waals surface area contributed by atoms with Crippen LogP contribution in [-0.4, -0.2) is 89.2 Å². The predicted octanol–water partition coefficient (Wildman–Crippen LogP) is 2.90. The van der Waals surface area contributed by atoms with Gasteiger partial charge in [0.1, 0.15) is 18.0 Å². The van der Waals surface area contributed by atoms with Gasteiger partial charge < -0.3 is 36.0 Å². The number of aliphatic hydroxyl groups is 1. The van der Waals surface area contributed by atoms with E-state index in [9.17, 15) is 14.7 Å². The van der Waals surface area contributed by atoms with Gasteiger partial charge in [-0.1, -0.05) is 0 Å². The summed E-state index contributed by atoms with van der Waals surface area (Å²) in [4.78, 5) is 37.1. The molecule has 41 heavy (non-hydrogen) atoms. The third-order valence-corrected chi connectivity index (χ3v) is 6.84. The maximum absolute atomic E-state index is 12.4. The Labute approximate surface area is 240 Å². The van der Waals surface area contributed by atoms with E-state index in [-0.39, 0.29) is 17.9 Å². The number of likely N-dealkylation sites (tertiary alicyclic amines) is 1. The molecule has 2 amide bonds. The Hall–Kier alpha value is -4.22. The molecule has 1 aliphatic heterocycles. The lowest BCUT2D eigenvalue weighted by atomic mass is 10.1. The number of amides is 2. The Morgan fingerprint density at radius 2 is 1.88 bits per heavy atom. The summed E-state index contributed by atoms with van der Waals surface area (Å²) in [7, 11) is 4.01. The highest BCUT2D eigenvalue weighted by Crippen LogP contribution is 2.30. The van der Waals surface area contributed by atoms with Crippen LogP contribution in [0.25, 0.3) is 11.3 Å². The van der Waals surface area contributed by atoms with E-state index in [2.05, 4.69) is 25.5 Å². The van der Waals surface area contributed by atoms with Crippen LogP contribution < -0.4 is 21.1 Å². The van der Waals surface area contributed by atoms with Crippen LogP contribution in [0, 0.1) is 0 Å². The van der Waals surface area contributed by atoms with Crippen molar-refractivity contribution < 1.29 is 19.4 Å². The number of carbonyl (C=O) groups excluding carboxylic acids is 2. The largest absolute Gasteiger partial charge is 0.488 e. The topological polar surface area (TPSA) is 146 Å². The second-order valence-electron chi connectivity index (χ2n) is 10.5.